The van der Waals surface area contributed by atoms with E-state index in [2.05, 4.69) is 45.7 Å². The molecule has 4 rings (SSSR count). The average Bonchev–Trinajstić information content (AvgIpc) is 3.18. The van der Waals surface area contributed by atoms with Crippen LogP contribution in [-0.2, 0) is 6.42 Å². The Kier molecular flexibility index (Phi) is 6.26. The normalized spacial score (nSPS) is 23.6. The van der Waals surface area contributed by atoms with Crippen LogP contribution in [-0.4, -0.2) is 60.4 Å². The number of aryl methyl sites for hydroxylation is 1. The zero-order valence-electron chi connectivity index (χ0n) is 20.1. The highest BCUT2D eigenvalue weighted by atomic mass is 16.4. The molecular formula is C27H32N4O3. The molecule has 2 unspecified atom stereocenters. The number of aliphatic imine (C=N–C) groups is 1. The van der Waals surface area contributed by atoms with Gasteiger partial charge in [0.2, 0.25) is 0 Å². The summed E-state index contributed by atoms with van der Waals surface area (Å²) in [5, 5.41) is 9.27. The highest BCUT2D eigenvalue weighted by molar-refractivity contribution is 5.88. The summed E-state index contributed by atoms with van der Waals surface area (Å²) in [5.74, 6) is 2.36. The number of carboxylic acid groups (broad SMARTS) is 1. The summed E-state index contributed by atoms with van der Waals surface area (Å²) < 4.78 is 0. The van der Waals surface area contributed by atoms with Crippen molar-refractivity contribution in [3.05, 3.63) is 51.8 Å². The molecule has 2 heterocycles. The highest BCUT2D eigenvalue weighted by Crippen LogP contribution is 2.52. The predicted molar refractivity (Wildman–Crippen MR) is 136 cm³/mol. The van der Waals surface area contributed by atoms with Gasteiger partial charge in [0.25, 0.3) is 5.56 Å². The standard InChI is InChI=1S/C27H32N4O3/c1-5-19-16-22(25(33)34)24(32)29-23(19)20-8-10-21(11-9-20)31-17-26(14-15-30(3)4)12-6-7-13-27(26,18-31)28-2/h8-11,16H,2,5-7,12-13,17-18H2,1,3-4H3,(H,29,32)(H,33,34). The number of benzene rings is 1. The molecule has 7 nitrogen and oxygen atoms in total. The number of aromatic amines is 1. The summed E-state index contributed by atoms with van der Waals surface area (Å²) >= 11 is 0. The highest BCUT2D eigenvalue weighted by Gasteiger charge is 2.58. The molecule has 2 N–H and O–H groups in total. The van der Waals surface area contributed by atoms with Gasteiger partial charge in [-0.05, 0) is 55.3 Å². The molecule has 1 aliphatic heterocycles. The van der Waals surface area contributed by atoms with E-state index in [0.29, 0.717) is 12.1 Å². The second-order valence-electron chi connectivity index (χ2n) is 9.58. The minimum absolute atomic E-state index is 0.219. The fourth-order valence-corrected chi connectivity index (χ4v) is 5.48. The van der Waals surface area contributed by atoms with E-state index in [1.54, 1.807) is 0 Å². The largest absolute Gasteiger partial charge is 0.477 e. The quantitative estimate of drug-likeness (QED) is 0.404. The number of aromatic carboxylic acids is 1. The van der Waals surface area contributed by atoms with Gasteiger partial charge >= 0.3 is 5.97 Å². The predicted octanol–water partition coefficient (Wildman–Crippen LogP) is 3.64. The molecule has 0 amide bonds. The van der Waals surface area contributed by atoms with Crippen molar-refractivity contribution in [1.29, 1.82) is 0 Å². The molecule has 1 saturated heterocycles. The maximum Gasteiger partial charge on any atom is 0.341 e. The Labute approximate surface area is 200 Å². The average molecular weight is 461 g/mol. The molecule has 1 saturated carbocycles. The minimum Gasteiger partial charge on any atom is -0.477 e. The first-order chi connectivity index (χ1) is 16.2. The van der Waals surface area contributed by atoms with Crippen LogP contribution in [0.4, 0.5) is 5.69 Å². The van der Waals surface area contributed by atoms with Crippen LogP contribution in [0.5, 0.6) is 0 Å². The van der Waals surface area contributed by atoms with Crippen molar-refractivity contribution >= 4 is 18.4 Å². The Morgan fingerprint density at radius 2 is 1.94 bits per heavy atom. The number of carboxylic acids is 1. The van der Waals surface area contributed by atoms with Crippen molar-refractivity contribution in [2.45, 2.75) is 44.6 Å². The SMILES string of the molecule is C=NC12CCCCC1(C#CN(C)C)CN(c1ccc(-c3[nH]c(=O)c(C(=O)O)cc3CC)cc1)C2. The minimum atomic E-state index is -1.22. The molecule has 2 atom stereocenters. The van der Waals surface area contributed by atoms with Gasteiger partial charge in [-0.15, -0.1) is 0 Å². The molecule has 178 valence electrons. The van der Waals surface area contributed by atoms with Crippen LogP contribution in [0.15, 0.2) is 40.1 Å². The Morgan fingerprint density at radius 1 is 1.24 bits per heavy atom. The van der Waals surface area contributed by atoms with Gasteiger partial charge in [0.1, 0.15) is 5.56 Å². The molecule has 2 aromatic rings. The molecule has 0 radical (unpaired) electrons. The van der Waals surface area contributed by atoms with Crippen LogP contribution >= 0.6 is 0 Å². The fourth-order valence-electron chi connectivity index (χ4n) is 5.48. The van der Waals surface area contributed by atoms with Gasteiger partial charge in [-0.3, -0.25) is 9.79 Å². The Morgan fingerprint density at radius 3 is 2.56 bits per heavy atom. The summed E-state index contributed by atoms with van der Waals surface area (Å²) in [6, 6.07) is 12.8. The van der Waals surface area contributed by atoms with Crippen LogP contribution < -0.4 is 10.5 Å². The summed E-state index contributed by atoms with van der Waals surface area (Å²) in [4.78, 5) is 35.3. The molecular weight excluding hydrogens is 428 g/mol. The van der Waals surface area contributed by atoms with Crippen molar-refractivity contribution in [1.82, 2.24) is 9.88 Å². The summed E-state index contributed by atoms with van der Waals surface area (Å²) in [6.45, 7) is 7.51. The van der Waals surface area contributed by atoms with E-state index in [1.807, 2.05) is 38.1 Å². The van der Waals surface area contributed by atoms with Crippen LogP contribution in [0.3, 0.4) is 0 Å². The maximum atomic E-state index is 12.3. The molecule has 2 aliphatic rings. The summed E-state index contributed by atoms with van der Waals surface area (Å²) in [5.41, 5.74) is 2.07. The van der Waals surface area contributed by atoms with Gasteiger partial charge in [0, 0.05) is 38.9 Å². The maximum absolute atomic E-state index is 12.3. The van der Waals surface area contributed by atoms with E-state index in [-0.39, 0.29) is 16.5 Å². The molecule has 2 fully saturated rings. The first-order valence-electron chi connectivity index (χ1n) is 11.8. The van der Waals surface area contributed by atoms with Crippen LogP contribution in [0, 0.1) is 17.4 Å². The van der Waals surface area contributed by atoms with Crippen LogP contribution in [0.2, 0.25) is 0 Å². The van der Waals surface area contributed by atoms with Crippen molar-refractivity contribution < 1.29 is 9.90 Å². The lowest BCUT2D eigenvalue weighted by Crippen LogP contribution is -2.47. The molecule has 34 heavy (non-hydrogen) atoms. The third kappa shape index (κ3) is 3.98. The van der Waals surface area contributed by atoms with E-state index < -0.39 is 11.5 Å². The van der Waals surface area contributed by atoms with Crippen LogP contribution in [0.25, 0.3) is 11.3 Å². The van der Waals surface area contributed by atoms with E-state index >= 15 is 0 Å². The second-order valence-corrected chi connectivity index (χ2v) is 9.58. The lowest BCUT2D eigenvalue weighted by Gasteiger charge is -2.42. The van der Waals surface area contributed by atoms with Gasteiger partial charge in [0.15, 0.2) is 0 Å². The number of nitrogens with one attached hydrogen (secondary N) is 1. The first-order valence-corrected chi connectivity index (χ1v) is 11.8. The second kappa shape index (κ2) is 9.02. The van der Waals surface area contributed by atoms with Crippen molar-refractivity contribution in [2.75, 3.05) is 32.1 Å². The summed E-state index contributed by atoms with van der Waals surface area (Å²) in [7, 11) is 3.91. The van der Waals surface area contributed by atoms with E-state index in [9.17, 15) is 14.7 Å². The molecule has 1 aromatic heterocycles. The van der Waals surface area contributed by atoms with Crippen molar-refractivity contribution in [3.63, 3.8) is 0 Å². The first kappa shape index (κ1) is 23.6. The van der Waals surface area contributed by atoms with Gasteiger partial charge in [-0.1, -0.05) is 37.8 Å². The number of H-pyrrole nitrogens is 1. The fraction of sp³-hybridized carbons (Fsp3) is 0.444. The number of anilines is 1. The Bertz CT molecular complexity index is 1220. The zero-order chi connectivity index (χ0) is 24.5. The number of nitrogens with zero attached hydrogens (tertiary/aromatic N) is 3. The molecule has 0 bridgehead atoms. The molecule has 1 aromatic carbocycles. The molecule has 7 heteroatoms. The molecule has 0 spiro atoms. The van der Waals surface area contributed by atoms with Gasteiger partial charge in [-0.25, -0.2) is 4.79 Å². The molecule has 1 aliphatic carbocycles. The monoisotopic (exact) mass is 460 g/mol. The van der Waals surface area contributed by atoms with E-state index in [1.165, 1.54) is 6.07 Å². The zero-order valence-corrected chi connectivity index (χ0v) is 20.1. The van der Waals surface area contributed by atoms with Crippen molar-refractivity contribution in [3.8, 4) is 23.2 Å². The number of fused-ring (bicyclic) bond motifs is 1. The van der Waals surface area contributed by atoms with Crippen molar-refractivity contribution in [2.24, 2.45) is 10.4 Å². The summed E-state index contributed by atoms with van der Waals surface area (Å²) in [6.07, 6.45) is 4.89. The number of aromatic nitrogens is 1. The Balaban J connectivity index is 1.68. The van der Waals surface area contributed by atoms with Crippen LogP contribution in [0.1, 0.15) is 48.5 Å². The number of hydrogen-bond donors (Lipinski definition) is 2. The Hall–Kier alpha value is -3.53. The van der Waals surface area contributed by atoms with Gasteiger partial charge in [-0.2, -0.15) is 0 Å². The van der Waals surface area contributed by atoms with E-state index in [4.69, 9.17) is 0 Å². The topological polar surface area (TPSA) is 89.0 Å². The lowest BCUT2D eigenvalue weighted by molar-refractivity contribution is 0.0695. The van der Waals surface area contributed by atoms with Gasteiger partial charge in [0.05, 0.1) is 16.6 Å². The lowest BCUT2D eigenvalue weighted by atomic mass is 9.64. The number of rotatable bonds is 5. The third-order valence-corrected chi connectivity index (χ3v) is 7.32. The van der Waals surface area contributed by atoms with Gasteiger partial charge < -0.3 is 19.9 Å². The smallest absolute Gasteiger partial charge is 0.341 e. The van der Waals surface area contributed by atoms with E-state index in [0.717, 1.165) is 55.6 Å². The third-order valence-electron chi connectivity index (χ3n) is 7.32. The number of pyridine rings is 1. The number of carbonyl (C=O) groups is 1. The number of hydrogen-bond acceptors (Lipinski definition) is 5.